The second-order valence-corrected chi connectivity index (χ2v) is 6.61. The summed E-state index contributed by atoms with van der Waals surface area (Å²) < 4.78 is 10.6. The second-order valence-electron chi connectivity index (χ2n) is 6.61. The Bertz CT molecular complexity index is 658. The molecule has 0 aromatic heterocycles. The maximum atomic E-state index is 12.5. The van der Waals surface area contributed by atoms with E-state index in [1.807, 2.05) is 18.2 Å². The van der Waals surface area contributed by atoms with E-state index >= 15 is 0 Å². The minimum atomic E-state index is -1.08. The molecular weight excluding hydrogens is 298 g/mol. The van der Waals surface area contributed by atoms with Crippen LogP contribution in [0.3, 0.4) is 0 Å². The van der Waals surface area contributed by atoms with Gasteiger partial charge in [0.15, 0.2) is 11.5 Å². The molecule has 2 saturated carbocycles. The molecule has 4 atom stereocenters. The second kappa shape index (κ2) is 5.44. The Morgan fingerprint density at radius 3 is 2.65 bits per heavy atom. The Morgan fingerprint density at radius 1 is 1.13 bits per heavy atom. The van der Waals surface area contributed by atoms with Gasteiger partial charge in [-0.05, 0) is 48.8 Å². The van der Waals surface area contributed by atoms with Gasteiger partial charge in [-0.1, -0.05) is 6.07 Å². The molecule has 1 amide bonds. The summed E-state index contributed by atoms with van der Waals surface area (Å²) in [6.45, 7) is 0.562. The average molecular weight is 316 g/mol. The lowest BCUT2D eigenvalue weighted by atomic mass is 9.78. The Morgan fingerprint density at radius 2 is 1.87 bits per heavy atom. The number of nitrogens with one attached hydrogen (secondary N) is 1. The van der Waals surface area contributed by atoms with Gasteiger partial charge < -0.3 is 24.7 Å². The van der Waals surface area contributed by atoms with Crippen molar-refractivity contribution in [2.45, 2.75) is 25.8 Å². The van der Waals surface area contributed by atoms with Crippen LogP contribution >= 0.6 is 0 Å². The molecule has 2 aliphatic carbocycles. The van der Waals surface area contributed by atoms with Crippen molar-refractivity contribution in [1.29, 1.82) is 0 Å². The largest absolute Gasteiger partial charge is 0.550 e. The van der Waals surface area contributed by atoms with Gasteiger partial charge in [-0.25, -0.2) is 0 Å². The van der Waals surface area contributed by atoms with E-state index in [1.165, 1.54) is 0 Å². The zero-order valence-electron chi connectivity index (χ0n) is 12.6. The maximum absolute atomic E-state index is 12.5. The lowest BCUT2D eigenvalue weighted by Gasteiger charge is -2.30. The molecule has 3 aliphatic rings. The fraction of sp³-hybridized carbons (Fsp3) is 0.529. The van der Waals surface area contributed by atoms with Gasteiger partial charge in [-0.2, -0.15) is 0 Å². The van der Waals surface area contributed by atoms with E-state index in [-0.39, 0.29) is 24.5 Å². The highest BCUT2D eigenvalue weighted by molar-refractivity contribution is 5.85. The van der Waals surface area contributed by atoms with E-state index in [0.29, 0.717) is 18.0 Å². The van der Waals surface area contributed by atoms with Gasteiger partial charge in [0.2, 0.25) is 12.7 Å². The SMILES string of the molecule is O=C(NCc1ccc2c(c1)OCO2)[C@@H]1[C@@H]2CC[C@@H](C2)[C@@H]1C(=O)[O-]. The number of hydrogen-bond donors (Lipinski definition) is 1. The standard InChI is InChI=1S/C17H19NO5/c19-16(14-10-2-3-11(6-10)15(14)17(20)21)18-7-9-1-4-12-13(5-9)23-8-22-12/h1,4-5,10-11,14-15H,2-3,6-8H2,(H,18,19)(H,20,21)/p-1/t10-,11+,14-,15+/m1/s1. The number of rotatable bonds is 4. The van der Waals surface area contributed by atoms with Crippen molar-refractivity contribution in [3.8, 4) is 11.5 Å². The Kier molecular flexibility index (Phi) is 3.39. The van der Waals surface area contributed by atoms with Crippen LogP contribution in [0.5, 0.6) is 11.5 Å². The number of carboxylic acid groups (broad SMARTS) is 1. The number of carbonyl (C=O) groups is 2. The molecule has 1 N–H and O–H groups in total. The monoisotopic (exact) mass is 316 g/mol. The summed E-state index contributed by atoms with van der Waals surface area (Å²) in [6.07, 6.45) is 2.67. The first-order valence-corrected chi connectivity index (χ1v) is 8.00. The third-order valence-corrected chi connectivity index (χ3v) is 5.40. The lowest BCUT2D eigenvalue weighted by Crippen LogP contribution is -2.45. The molecule has 6 nitrogen and oxygen atoms in total. The highest BCUT2D eigenvalue weighted by atomic mass is 16.7. The van der Waals surface area contributed by atoms with E-state index in [1.54, 1.807) is 0 Å². The Labute approximate surface area is 133 Å². The summed E-state index contributed by atoms with van der Waals surface area (Å²) in [5.74, 6) is -0.691. The number of carboxylic acids is 1. The van der Waals surface area contributed by atoms with Crippen LogP contribution in [0.15, 0.2) is 18.2 Å². The van der Waals surface area contributed by atoms with Crippen molar-refractivity contribution in [2.75, 3.05) is 6.79 Å². The van der Waals surface area contributed by atoms with Crippen LogP contribution in [0.25, 0.3) is 0 Å². The van der Waals surface area contributed by atoms with E-state index in [2.05, 4.69) is 5.32 Å². The molecule has 1 heterocycles. The van der Waals surface area contributed by atoms with Crippen molar-refractivity contribution in [1.82, 2.24) is 5.32 Å². The third kappa shape index (κ3) is 2.42. The molecule has 0 radical (unpaired) electrons. The summed E-state index contributed by atoms with van der Waals surface area (Å²) in [5.41, 5.74) is 0.899. The number of amides is 1. The molecule has 2 fully saturated rings. The number of benzene rings is 1. The molecular formula is C17H18NO5-. The normalized spacial score (nSPS) is 30.4. The van der Waals surface area contributed by atoms with E-state index in [0.717, 1.165) is 24.8 Å². The Balaban J connectivity index is 1.43. The van der Waals surface area contributed by atoms with Crippen molar-refractivity contribution < 1.29 is 24.2 Å². The van der Waals surface area contributed by atoms with Gasteiger partial charge in [0.05, 0.1) is 0 Å². The summed E-state index contributed by atoms with van der Waals surface area (Å²) in [4.78, 5) is 23.9. The molecule has 1 aliphatic heterocycles. The maximum Gasteiger partial charge on any atom is 0.231 e. The molecule has 23 heavy (non-hydrogen) atoms. The van der Waals surface area contributed by atoms with E-state index in [4.69, 9.17) is 9.47 Å². The minimum Gasteiger partial charge on any atom is -0.550 e. The van der Waals surface area contributed by atoms with Crippen LogP contribution < -0.4 is 19.9 Å². The summed E-state index contributed by atoms with van der Waals surface area (Å²) in [7, 11) is 0. The average Bonchev–Trinajstić information content (AvgIpc) is 3.25. The van der Waals surface area contributed by atoms with Crippen LogP contribution in [0.2, 0.25) is 0 Å². The minimum absolute atomic E-state index is 0.103. The highest BCUT2D eigenvalue weighted by Crippen LogP contribution is 2.52. The van der Waals surface area contributed by atoms with Gasteiger partial charge in [-0.15, -0.1) is 0 Å². The number of aliphatic carboxylic acids is 1. The lowest BCUT2D eigenvalue weighted by molar-refractivity contribution is -0.314. The van der Waals surface area contributed by atoms with Crippen molar-refractivity contribution in [3.05, 3.63) is 23.8 Å². The number of ether oxygens (including phenoxy) is 2. The first-order valence-electron chi connectivity index (χ1n) is 8.00. The number of fused-ring (bicyclic) bond motifs is 3. The van der Waals surface area contributed by atoms with Crippen LogP contribution in [-0.4, -0.2) is 18.7 Å². The number of carbonyl (C=O) groups excluding carboxylic acids is 2. The van der Waals surface area contributed by atoms with E-state index in [9.17, 15) is 14.7 Å². The van der Waals surface area contributed by atoms with Crippen LogP contribution in [-0.2, 0) is 16.1 Å². The summed E-state index contributed by atoms with van der Waals surface area (Å²) in [5, 5.41) is 14.3. The molecule has 2 bridgehead atoms. The Hall–Kier alpha value is -2.24. The van der Waals surface area contributed by atoms with Gasteiger partial charge >= 0.3 is 0 Å². The molecule has 6 heteroatoms. The van der Waals surface area contributed by atoms with Crippen LogP contribution in [0.4, 0.5) is 0 Å². The molecule has 0 saturated heterocycles. The predicted molar refractivity (Wildman–Crippen MR) is 77.2 cm³/mol. The molecule has 0 unspecified atom stereocenters. The summed E-state index contributed by atoms with van der Waals surface area (Å²) in [6, 6.07) is 5.51. The van der Waals surface area contributed by atoms with Gasteiger partial charge in [0.25, 0.3) is 0 Å². The van der Waals surface area contributed by atoms with Crippen molar-refractivity contribution in [3.63, 3.8) is 0 Å². The van der Waals surface area contributed by atoms with Gasteiger partial charge in [-0.3, -0.25) is 4.79 Å². The molecule has 122 valence electrons. The smallest absolute Gasteiger partial charge is 0.231 e. The summed E-state index contributed by atoms with van der Waals surface area (Å²) >= 11 is 0. The molecule has 4 rings (SSSR count). The number of hydrogen-bond acceptors (Lipinski definition) is 5. The molecule has 0 spiro atoms. The van der Waals surface area contributed by atoms with Crippen molar-refractivity contribution in [2.24, 2.45) is 23.7 Å². The van der Waals surface area contributed by atoms with Gasteiger partial charge in [0.1, 0.15) is 0 Å². The predicted octanol–water partition coefficient (Wildman–Crippen LogP) is 0.444. The fourth-order valence-corrected chi connectivity index (χ4v) is 4.37. The molecule has 1 aromatic carbocycles. The quantitative estimate of drug-likeness (QED) is 0.871. The van der Waals surface area contributed by atoms with E-state index < -0.39 is 17.8 Å². The topological polar surface area (TPSA) is 87.7 Å². The highest BCUT2D eigenvalue weighted by Gasteiger charge is 2.51. The molecule has 1 aromatic rings. The van der Waals surface area contributed by atoms with Gasteiger partial charge in [0, 0.05) is 24.3 Å². The first-order chi connectivity index (χ1) is 11.1. The van der Waals surface area contributed by atoms with Crippen molar-refractivity contribution >= 4 is 11.9 Å². The fourth-order valence-electron chi connectivity index (χ4n) is 4.37. The zero-order chi connectivity index (χ0) is 16.0. The zero-order valence-corrected chi connectivity index (χ0v) is 12.6. The third-order valence-electron chi connectivity index (χ3n) is 5.40. The van der Waals surface area contributed by atoms with Crippen LogP contribution in [0.1, 0.15) is 24.8 Å². The first kappa shape index (κ1) is 14.4. The van der Waals surface area contributed by atoms with Crippen LogP contribution in [0, 0.1) is 23.7 Å².